The first-order chi connectivity index (χ1) is 60.7. The summed E-state index contributed by atoms with van der Waals surface area (Å²) in [6.07, 6.45) is 36.7. The summed E-state index contributed by atoms with van der Waals surface area (Å²) < 4.78 is 0. The van der Waals surface area contributed by atoms with E-state index in [-0.39, 0.29) is 16.2 Å². The Balaban J connectivity index is 0.000000149. The van der Waals surface area contributed by atoms with Crippen LogP contribution in [0.5, 0.6) is 0 Å². The van der Waals surface area contributed by atoms with Gasteiger partial charge in [-0.1, -0.05) is 185 Å². The second-order valence-electron chi connectivity index (χ2n) is 40.0. The molecule has 4 nitrogen and oxygen atoms in total. The van der Waals surface area contributed by atoms with Crippen LogP contribution in [0.15, 0.2) is 292 Å². The number of anilines is 12. The second-order valence-corrected chi connectivity index (χ2v) is 40.0. The zero-order chi connectivity index (χ0) is 83.4. The topological polar surface area (TPSA) is 13.0 Å². The van der Waals surface area contributed by atoms with Gasteiger partial charge < -0.3 is 19.6 Å². The van der Waals surface area contributed by atoms with E-state index in [0.29, 0.717) is 5.41 Å². The van der Waals surface area contributed by atoms with Crippen LogP contribution < -0.4 is 19.6 Å². The predicted molar refractivity (Wildman–Crippen MR) is 523 cm³/mol. The van der Waals surface area contributed by atoms with Crippen LogP contribution in [0.1, 0.15) is 217 Å². The maximum atomic E-state index is 4.03. The molecule has 8 saturated carbocycles. The SMILES string of the molecule is C=Cc1ccc(C23CC4CC(C2)CC(c2ccc(N(c5ccc(CCCC)cc5)c5ccc(N(c6ccc7c(c6)CC7)c6cc(C)c(-c7ccc8c(c7)CC8)cc6C)cc5)cc2)(C4)C3)cc1.C=Cc1ccc(C23CC4CC(C2)CC(c2ccc(N(c5ccc(CCCC)cc5)c5ccc(N(c6ccc7c(c6)CC7)c6ccc7c(c6)CC7)cc5)cc2)(C4)C3)cc1. The predicted octanol–water partition coefficient (Wildman–Crippen LogP) is 31.5. The van der Waals surface area contributed by atoms with Crippen LogP contribution in [0.3, 0.4) is 0 Å². The lowest BCUT2D eigenvalue weighted by molar-refractivity contribution is -0.0282. The Morgan fingerprint density at radius 3 is 0.863 bits per heavy atom. The van der Waals surface area contributed by atoms with Crippen molar-refractivity contribution in [2.75, 3.05) is 19.6 Å². The van der Waals surface area contributed by atoms with Gasteiger partial charge in [0.25, 0.3) is 0 Å². The van der Waals surface area contributed by atoms with Crippen molar-refractivity contribution in [3.05, 3.63) is 392 Å². The molecule has 0 N–H and O–H groups in total. The van der Waals surface area contributed by atoms with Crippen LogP contribution in [0.4, 0.5) is 68.2 Å². The maximum absolute atomic E-state index is 4.03. The Morgan fingerprint density at radius 2 is 0.556 bits per heavy atom. The highest BCUT2D eigenvalue weighted by Gasteiger charge is 2.60. The molecule has 4 unspecified atom stereocenters. The van der Waals surface area contributed by atoms with Gasteiger partial charge in [-0.05, 0) is 470 Å². The van der Waals surface area contributed by atoms with Crippen molar-refractivity contribution in [1.29, 1.82) is 0 Å². The Labute approximate surface area is 738 Å². The van der Waals surface area contributed by atoms with E-state index in [1.54, 1.807) is 22.3 Å². The van der Waals surface area contributed by atoms with Crippen molar-refractivity contribution in [1.82, 2.24) is 0 Å². The van der Waals surface area contributed by atoms with Gasteiger partial charge in [-0.25, -0.2) is 0 Å². The van der Waals surface area contributed by atoms with E-state index in [4.69, 9.17) is 0 Å². The first kappa shape index (κ1) is 78.5. The highest BCUT2D eigenvalue weighted by atomic mass is 15.2. The fourth-order valence-electron chi connectivity index (χ4n) is 26.1. The first-order valence-corrected chi connectivity index (χ1v) is 47.6. The molecule has 0 amide bonds. The molecule has 25 rings (SSSR count). The lowest BCUT2D eigenvalue weighted by atomic mass is 9.41. The van der Waals surface area contributed by atoms with E-state index in [1.165, 1.54) is 305 Å². The minimum Gasteiger partial charge on any atom is -0.311 e. The Kier molecular flexibility index (Phi) is 20.2. The summed E-state index contributed by atoms with van der Waals surface area (Å²) in [4.78, 5) is 9.92. The highest BCUT2D eigenvalue weighted by Crippen LogP contribution is 2.68. The van der Waals surface area contributed by atoms with E-state index in [0.717, 1.165) is 42.9 Å². The number of aryl methyl sites for hydroxylation is 12. The number of nitrogens with zero attached hydrogens (tertiary/aromatic N) is 4. The summed E-state index contributed by atoms with van der Waals surface area (Å²) >= 11 is 0. The van der Waals surface area contributed by atoms with E-state index in [1.807, 2.05) is 12.2 Å². The van der Waals surface area contributed by atoms with Crippen LogP contribution in [0, 0.1) is 37.5 Å². The van der Waals surface area contributed by atoms with Crippen LogP contribution in [-0.4, -0.2) is 0 Å². The van der Waals surface area contributed by atoms with Crippen LogP contribution >= 0.6 is 0 Å². The minimum absolute atomic E-state index is 0.242. The Bertz CT molecular complexity index is 6100. The van der Waals surface area contributed by atoms with Gasteiger partial charge in [0.15, 0.2) is 0 Å². The smallest absolute Gasteiger partial charge is 0.0493 e. The molecule has 0 saturated heterocycles. The normalized spacial score (nSPS) is 22.6. The largest absolute Gasteiger partial charge is 0.311 e. The molecular weight excluding hydrogens is 1500 g/mol. The molecule has 0 aliphatic heterocycles. The average Bonchev–Trinajstić information content (AvgIpc) is 0.703. The summed E-state index contributed by atoms with van der Waals surface area (Å²) in [5.41, 5.74) is 44.3. The molecular formula is C120H120N4. The summed E-state index contributed by atoms with van der Waals surface area (Å²) in [7, 11) is 0. The summed E-state index contributed by atoms with van der Waals surface area (Å²) in [5, 5.41) is 0. The van der Waals surface area contributed by atoms with Gasteiger partial charge in [-0.15, -0.1) is 0 Å². The third kappa shape index (κ3) is 14.3. The summed E-state index contributed by atoms with van der Waals surface area (Å²) in [6, 6.07) is 109. The fraction of sp³-hybridized carbons (Fsp3) is 0.317. The van der Waals surface area contributed by atoms with Crippen LogP contribution in [-0.2, 0) is 85.9 Å². The van der Waals surface area contributed by atoms with Gasteiger partial charge >= 0.3 is 0 Å². The third-order valence-corrected chi connectivity index (χ3v) is 32.2. The van der Waals surface area contributed by atoms with Gasteiger partial charge in [-0.3, -0.25) is 0 Å². The molecule has 620 valence electrons. The fourth-order valence-corrected chi connectivity index (χ4v) is 26.1. The van der Waals surface area contributed by atoms with E-state index >= 15 is 0 Å². The van der Waals surface area contributed by atoms with Gasteiger partial charge in [0, 0.05) is 68.2 Å². The van der Waals surface area contributed by atoms with E-state index in [2.05, 4.69) is 340 Å². The van der Waals surface area contributed by atoms with Crippen molar-refractivity contribution < 1.29 is 0 Å². The van der Waals surface area contributed by atoms with Crippen molar-refractivity contribution in [3.8, 4) is 11.1 Å². The second kappa shape index (κ2) is 31.9. The molecule has 124 heavy (non-hydrogen) atoms. The van der Waals surface area contributed by atoms with Gasteiger partial charge in [-0.2, -0.15) is 0 Å². The highest BCUT2D eigenvalue weighted by molar-refractivity contribution is 5.87. The Morgan fingerprint density at radius 1 is 0.282 bits per heavy atom. The van der Waals surface area contributed by atoms with Crippen LogP contribution in [0.25, 0.3) is 23.3 Å². The van der Waals surface area contributed by atoms with Gasteiger partial charge in [0.1, 0.15) is 0 Å². The molecule has 0 heterocycles. The zero-order valence-electron chi connectivity index (χ0n) is 73.6. The van der Waals surface area contributed by atoms with Crippen molar-refractivity contribution in [3.63, 3.8) is 0 Å². The molecule has 13 aromatic rings. The monoisotopic (exact) mass is 1620 g/mol. The van der Waals surface area contributed by atoms with Crippen molar-refractivity contribution >= 4 is 80.4 Å². The zero-order valence-corrected chi connectivity index (χ0v) is 73.6. The molecule has 4 heteroatoms. The number of hydrogen-bond donors (Lipinski definition) is 0. The number of benzene rings is 13. The minimum atomic E-state index is 0.242. The van der Waals surface area contributed by atoms with Gasteiger partial charge in [0.2, 0.25) is 0 Å². The molecule has 12 aliphatic carbocycles. The molecule has 0 aromatic heterocycles. The number of unbranched alkanes of at least 4 members (excludes halogenated alkanes) is 2. The van der Waals surface area contributed by atoms with E-state index < -0.39 is 0 Å². The summed E-state index contributed by atoms with van der Waals surface area (Å²) in [5.74, 6) is 3.26. The third-order valence-electron chi connectivity index (χ3n) is 32.2. The standard InChI is InChI=1S/C64H64N2.C56H56N2/c1-5-7-8-46-11-24-56(25-12-46)65(57-27-22-55(23-28-57)64-40-47-35-48(41-64)39-63(38-47,42-64)54-20-9-45(6-2)10-21-54)58-29-31-59(32-30-58)66(60-26-19-50-14-17-52(50)37-60)62-34-43(3)61(33-44(62)4)53-18-15-49-13-16-51(49)36-53;1-3-5-6-40-9-21-49(22-10-40)57(51-27-29-52(30-28-51)58(53-23-15-43-11-13-45(43)32-53)54-24-16-44-12-14-46(44)33-54)50-25-19-48(20-26-50)56-36-41-31-42(37-56)35-55(34-41,38-56)47-17-7-39(4-2)8-18-47/h6,9-12,15,18-34,36-37,47-48H,2,5,7-8,13-14,16-17,35,38-42H2,1,3-4H3;4,7-10,15-30,32-33,41-42H,2-3,5-6,11-14,31,34-38H2,1H3. The molecule has 8 fully saturated rings. The van der Waals surface area contributed by atoms with E-state index in [9.17, 15) is 0 Å². The molecule has 8 bridgehead atoms. The maximum Gasteiger partial charge on any atom is 0.0493 e. The molecule has 0 spiro atoms. The first-order valence-electron chi connectivity index (χ1n) is 47.6. The average molecular weight is 1620 g/mol. The summed E-state index contributed by atoms with van der Waals surface area (Å²) in [6.45, 7) is 17.2. The molecule has 0 radical (unpaired) electrons. The quantitative estimate of drug-likeness (QED) is 0.0565. The van der Waals surface area contributed by atoms with Crippen molar-refractivity contribution in [2.24, 2.45) is 23.7 Å². The molecule has 12 aliphatic rings. The van der Waals surface area contributed by atoms with Crippen LogP contribution in [0.2, 0.25) is 0 Å². The van der Waals surface area contributed by atoms with Gasteiger partial charge in [0.05, 0.1) is 0 Å². The van der Waals surface area contributed by atoms with Crippen molar-refractivity contribution in [2.45, 2.75) is 216 Å². The number of fused-ring (bicyclic) bond motifs is 4. The number of hydrogen-bond acceptors (Lipinski definition) is 4. The lowest BCUT2D eigenvalue weighted by Gasteiger charge is -2.63. The lowest BCUT2D eigenvalue weighted by Crippen LogP contribution is -2.55. The number of rotatable bonds is 25. The molecule has 13 aromatic carbocycles. The Hall–Kier alpha value is -11.5. The molecule has 4 atom stereocenters.